The molecule has 7 nitrogen and oxygen atoms in total. The van der Waals surface area contributed by atoms with Crippen LogP contribution in [0, 0.1) is 5.92 Å². The summed E-state index contributed by atoms with van der Waals surface area (Å²) < 4.78 is 5.03. The number of hydrogen-bond donors (Lipinski definition) is 3. The smallest absolute Gasteiger partial charge is 0.326 e. The fourth-order valence-corrected chi connectivity index (χ4v) is 2.39. The van der Waals surface area contributed by atoms with Crippen LogP contribution in [0.4, 0.5) is 0 Å². The van der Waals surface area contributed by atoms with E-state index in [1.807, 2.05) is 19.9 Å². The monoisotopic (exact) mass is 370 g/mol. The normalized spacial score (nSPS) is 12.5. The first-order chi connectivity index (χ1) is 12.9. The number of carbonyl (C=O) groups is 3. The quantitative estimate of drug-likeness (QED) is 0.619. The molecule has 1 aromatic carbocycles. The summed E-state index contributed by atoms with van der Waals surface area (Å²) in [6.45, 7) is 3.73. The molecular weight excluding hydrogens is 348 g/mol. The Kier molecular flexibility index (Phi) is 6.93. The van der Waals surface area contributed by atoms with Crippen LogP contribution in [0.3, 0.4) is 0 Å². The van der Waals surface area contributed by atoms with Gasteiger partial charge >= 0.3 is 5.97 Å². The first kappa shape index (κ1) is 20.0. The first-order valence-corrected chi connectivity index (χ1v) is 8.52. The number of carboxylic acids is 1. The highest BCUT2D eigenvalue weighted by Gasteiger charge is 2.24. The van der Waals surface area contributed by atoms with Crippen LogP contribution in [-0.4, -0.2) is 28.9 Å². The van der Waals surface area contributed by atoms with Crippen molar-refractivity contribution < 1.29 is 23.9 Å². The fraction of sp³-hybridized carbons (Fsp3) is 0.250. The summed E-state index contributed by atoms with van der Waals surface area (Å²) in [6, 6.07) is 10.9. The zero-order valence-corrected chi connectivity index (χ0v) is 15.1. The van der Waals surface area contributed by atoms with Crippen molar-refractivity contribution >= 4 is 23.9 Å². The second-order valence-electron chi connectivity index (χ2n) is 6.39. The number of aliphatic carboxylic acids is 1. The third kappa shape index (κ3) is 6.14. The second-order valence-corrected chi connectivity index (χ2v) is 6.39. The number of benzene rings is 1. The number of nitrogens with one attached hydrogen (secondary N) is 2. The van der Waals surface area contributed by atoms with Gasteiger partial charge in [-0.05, 0) is 36.1 Å². The maximum atomic E-state index is 12.7. The highest BCUT2D eigenvalue weighted by molar-refractivity contribution is 6.05. The summed E-state index contributed by atoms with van der Waals surface area (Å²) in [4.78, 5) is 36.4. The molecule has 0 spiro atoms. The van der Waals surface area contributed by atoms with E-state index in [0.29, 0.717) is 5.56 Å². The Labute approximate surface area is 157 Å². The summed E-state index contributed by atoms with van der Waals surface area (Å²) in [5.41, 5.74) is 0.607. The van der Waals surface area contributed by atoms with E-state index in [4.69, 9.17) is 4.42 Å². The molecule has 0 aliphatic rings. The minimum absolute atomic E-state index is 0.0405. The summed E-state index contributed by atoms with van der Waals surface area (Å²) in [6.07, 6.45) is 3.09. The summed E-state index contributed by atoms with van der Waals surface area (Å²) in [7, 11) is 0. The van der Waals surface area contributed by atoms with Gasteiger partial charge in [0.2, 0.25) is 0 Å². The molecule has 1 atom stereocenters. The molecule has 0 bridgehead atoms. The van der Waals surface area contributed by atoms with Gasteiger partial charge in [0.15, 0.2) is 5.76 Å². The van der Waals surface area contributed by atoms with Crippen molar-refractivity contribution in [3.8, 4) is 0 Å². The minimum atomic E-state index is -1.13. The Morgan fingerprint density at radius 2 is 1.81 bits per heavy atom. The molecule has 0 saturated heterocycles. The number of carbonyl (C=O) groups excluding carboxylic acids is 2. The zero-order valence-electron chi connectivity index (χ0n) is 15.1. The van der Waals surface area contributed by atoms with Gasteiger partial charge in [-0.3, -0.25) is 9.59 Å². The molecule has 0 unspecified atom stereocenters. The van der Waals surface area contributed by atoms with E-state index < -0.39 is 23.8 Å². The second kappa shape index (κ2) is 9.38. The molecule has 0 aliphatic heterocycles. The van der Waals surface area contributed by atoms with Gasteiger partial charge in [-0.25, -0.2) is 4.79 Å². The van der Waals surface area contributed by atoms with Crippen LogP contribution >= 0.6 is 0 Å². The van der Waals surface area contributed by atoms with Crippen molar-refractivity contribution in [2.75, 3.05) is 0 Å². The Balaban J connectivity index is 2.25. The van der Waals surface area contributed by atoms with Crippen molar-refractivity contribution in [2.24, 2.45) is 5.92 Å². The average molecular weight is 370 g/mol. The van der Waals surface area contributed by atoms with Gasteiger partial charge < -0.3 is 20.2 Å². The van der Waals surface area contributed by atoms with E-state index in [0.717, 1.165) is 0 Å². The van der Waals surface area contributed by atoms with Crippen LogP contribution in [0.15, 0.2) is 58.8 Å². The van der Waals surface area contributed by atoms with E-state index in [9.17, 15) is 19.5 Å². The Morgan fingerprint density at radius 1 is 1.11 bits per heavy atom. The Morgan fingerprint density at radius 3 is 2.37 bits per heavy atom. The summed E-state index contributed by atoms with van der Waals surface area (Å²) >= 11 is 0. The van der Waals surface area contributed by atoms with E-state index in [-0.39, 0.29) is 23.8 Å². The topological polar surface area (TPSA) is 109 Å². The lowest BCUT2D eigenvalue weighted by molar-refractivity contribution is -0.141. The molecule has 142 valence electrons. The molecule has 0 radical (unpaired) electrons. The van der Waals surface area contributed by atoms with Gasteiger partial charge in [0.1, 0.15) is 11.7 Å². The molecule has 2 aromatic rings. The zero-order chi connectivity index (χ0) is 19.8. The minimum Gasteiger partial charge on any atom is -0.480 e. The lowest BCUT2D eigenvalue weighted by atomic mass is 10.0. The largest absolute Gasteiger partial charge is 0.480 e. The third-order valence-electron chi connectivity index (χ3n) is 3.66. The maximum absolute atomic E-state index is 12.7. The van der Waals surface area contributed by atoms with Gasteiger partial charge in [-0.15, -0.1) is 0 Å². The van der Waals surface area contributed by atoms with Gasteiger partial charge in [-0.1, -0.05) is 44.2 Å². The Bertz CT molecular complexity index is 810. The van der Waals surface area contributed by atoms with Gasteiger partial charge in [0, 0.05) is 0 Å². The van der Waals surface area contributed by atoms with Crippen LogP contribution in [-0.2, 0) is 9.59 Å². The highest BCUT2D eigenvalue weighted by atomic mass is 16.4. The standard InChI is InChI=1S/C20H22N2O5/c1-13(2)11-16(20(25)26)22-18(23)15(12-14-7-4-3-5-8-14)21-19(24)17-9-6-10-27-17/h3-10,12-13,16H,11H2,1-2H3,(H,21,24)(H,22,23)(H,25,26)/b15-12-/t16-/m0/s1. The maximum Gasteiger partial charge on any atom is 0.326 e. The molecule has 0 fully saturated rings. The predicted molar refractivity (Wildman–Crippen MR) is 99.6 cm³/mol. The van der Waals surface area contributed by atoms with Gasteiger partial charge in [-0.2, -0.15) is 0 Å². The molecule has 2 amide bonds. The lowest BCUT2D eigenvalue weighted by Crippen LogP contribution is -2.44. The van der Waals surface area contributed by atoms with Gasteiger partial charge in [0.25, 0.3) is 11.8 Å². The molecule has 3 N–H and O–H groups in total. The molecule has 0 saturated carbocycles. The van der Waals surface area contributed by atoms with E-state index in [1.54, 1.807) is 30.3 Å². The highest BCUT2D eigenvalue weighted by Crippen LogP contribution is 2.10. The average Bonchev–Trinajstić information content (AvgIpc) is 3.15. The van der Waals surface area contributed by atoms with Crippen molar-refractivity contribution in [3.63, 3.8) is 0 Å². The predicted octanol–water partition coefficient (Wildman–Crippen LogP) is 2.67. The van der Waals surface area contributed by atoms with E-state index in [1.165, 1.54) is 18.4 Å². The van der Waals surface area contributed by atoms with E-state index in [2.05, 4.69) is 10.6 Å². The van der Waals surface area contributed by atoms with Crippen molar-refractivity contribution in [3.05, 3.63) is 65.7 Å². The van der Waals surface area contributed by atoms with Crippen LogP contribution in [0.25, 0.3) is 6.08 Å². The van der Waals surface area contributed by atoms with Crippen LogP contribution in [0.5, 0.6) is 0 Å². The number of hydrogen-bond acceptors (Lipinski definition) is 4. The van der Waals surface area contributed by atoms with Crippen molar-refractivity contribution in [1.29, 1.82) is 0 Å². The number of rotatable bonds is 8. The van der Waals surface area contributed by atoms with E-state index >= 15 is 0 Å². The van der Waals surface area contributed by atoms with Crippen LogP contribution < -0.4 is 10.6 Å². The lowest BCUT2D eigenvalue weighted by Gasteiger charge is -2.18. The number of carboxylic acid groups (broad SMARTS) is 1. The van der Waals surface area contributed by atoms with Gasteiger partial charge in [0.05, 0.1) is 6.26 Å². The molecule has 27 heavy (non-hydrogen) atoms. The molecular formula is C20H22N2O5. The van der Waals surface area contributed by atoms with Crippen molar-refractivity contribution in [1.82, 2.24) is 10.6 Å². The molecule has 1 aromatic heterocycles. The number of furan rings is 1. The summed E-state index contributed by atoms with van der Waals surface area (Å²) in [5, 5.41) is 14.3. The molecule has 7 heteroatoms. The molecule has 1 heterocycles. The summed E-state index contributed by atoms with van der Waals surface area (Å²) in [5.74, 6) is -2.31. The number of amides is 2. The molecule has 0 aliphatic carbocycles. The van der Waals surface area contributed by atoms with Crippen LogP contribution in [0.2, 0.25) is 0 Å². The SMILES string of the molecule is CC(C)C[C@H](NC(=O)/C(=C/c1ccccc1)NC(=O)c1ccco1)C(=O)O. The Hall–Kier alpha value is -3.35. The first-order valence-electron chi connectivity index (χ1n) is 8.52. The van der Waals surface area contributed by atoms with Crippen molar-refractivity contribution in [2.45, 2.75) is 26.3 Å². The third-order valence-corrected chi connectivity index (χ3v) is 3.66. The fourth-order valence-electron chi connectivity index (χ4n) is 2.39. The molecule has 2 rings (SSSR count). The van der Waals surface area contributed by atoms with Crippen LogP contribution in [0.1, 0.15) is 36.4 Å².